The Balaban J connectivity index is 1.53. The highest BCUT2D eigenvalue weighted by Crippen LogP contribution is 2.19. The summed E-state index contributed by atoms with van der Waals surface area (Å²) in [7, 11) is 0. The zero-order valence-electron chi connectivity index (χ0n) is 15.9. The predicted octanol–water partition coefficient (Wildman–Crippen LogP) is 3.42. The summed E-state index contributed by atoms with van der Waals surface area (Å²) in [5, 5.41) is 23.1. The van der Waals surface area contributed by atoms with Crippen LogP contribution in [-0.2, 0) is 11.3 Å². The van der Waals surface area contributed by atoms with Gasteiger partial charge in [-0.25, -0.2) is 0 Å². The van der Waals surface area contributed by atoms with E-state index in [0.717, 1.165) is 42.0 Å². The number of thioether (sulfide) groups is 1. The molecule has 29 heavy (non-hydrogen) atoms. The molecular formula is C22H21N5OS. The highest BCUT2D eigenvalue weighted by molar-refractivity contribution is 8.03. The van der Waals surface area contributed by atoms with Crippen molar-refractivity contribution in [2.75, 3.05) is 31.5 Å². The monoisotopic (exact) mass is 403 g/mol. The van der Waals surface area contributed by atoms with E-state index in [9.17, 15) is 10.1 Å². The summed E-state index contributed by atoms with van der Waals surface area (Å²) >= 11 is 1.08. The van der Waals surface area contributed by atoms with Gasteiger partial charge in [0.15, 0.2) is 0 Å². The number of thiocyanates is 1. The molecule has 1 saturated heterocycles. The minimum atomic E-state index is -0.254. The largest absolute Gasteiger partial charge is 0.360 e. The van der Waals surface area contributed by atoms with E-state index in [0.29, 0.717) is 13.1 Å². The third-order valence-electron chi connectivity index (χ3n) is 4.66. The average molecular weight is 404 g/mol. The number of anilines is 1. The molecule has 0 unspecified atom stereocenters. The van der Waals surface area contributed by atoms with Crippen LogP contribution in [0, 0.1) is 22.0 Å². The molecule has 1 fully saturated rings. The Kier molecular flexibility index (Phi) is 7.29. The van der Waals surface area contributed by atoms with Gasteiger partial charge in [0.05, 0.1) is 0 Å². The smallest absolute Gasteiger partial charge is 0.266 e. The number of rotatable bonds is 6. The molecule has 1 aliphatic heterocycles. The van der Waals surface area contributed by atoms with Gasteiger partial charge in [-0.05, 0) is 41.6 Å². The minimum Gasteiger partial charge on any atom is -0.360 e. The van der Waals surface area contributed by atoms with Gasteiger partial charge in [0.25, 0.3) is 5.91 Å². The zero-order valence-corrected chi connectivity index (χ0v) is 16.7. The minimum absolute atomic E-state index is 0.0805. The van der Waals surface area contributed by atoms with Gasteiger partial charge in [-0.3, -0.25) is 9.69 Å². The van der Waals surface area contributed by atoms with Crippen LogP contribution in [0.4, 0.5) is 5.69 Å². The van der Waals surface area contributed by atoms with Crippen molar-refractivity contribution in [3.63, 3.8) is 0 Å². The van der Waals surface area contributed by atoms with Gasteiger partial charge >= 0.3 is 0 Å². The maximum absolute atomic E-state index is 12.7. The molecule has 7 heteroatoms. The zero-order chi connectivity index (χ0) is 20.5. The fraction of sp³-hybridized carbons (Fsp3) is 0.227. The Morgan fingerprint density at radius 2 is 1.72 bits per heavy atom. The van der Waals surface area contributed by atoms with E-state index in [1.54, 1.807) is 17.0 Å². The molecule has 0 radical (unpaired) electrons. The van der Waals surface area contributed by atoms with Crippen LogP contribution in [-0.4, -0.2) is 41.9 Å². The standard InChI is InChI=1S/C22H21N5OS/c23-14-19(15-25-20-6-8-21(9-7-20)29-17-24)22(28)27-12-10-26(11-13-27)16-18-4-2-1-3-5-18/h1-9,15,25H,10-13,16H2/b19-15-. The molecule has 2 aromatic rings. The molecule has 146 valence electrons. The lowest BCUT2D eigenvalue weighted by molar-refractivity contribution is -0.128. The fourth-order valence-corrected chi connectivity index (χ4v) is 3.47. The van der Waals surface area contributed by atoms with Gasteiger partial charge in [-0.15, -0.1) is 0 Å². The number of nitriles is 2. The quantitative estimate of drug-likeness (QED) is 0.344. The number of nitrogens with zero attached hydrogens (tertiary/aromatic N) is 4. The Morgan fingerprint density at radius 3 is 2.34 bits per heavy atom. The maximum Gasteiger partial charge on any atom is 0.266 e. The fourth-order valence-electron chi connectivity index (χ4n) is 3.09. The molecule has 0 saturated carbocycles. The van der Waals surface area contributed by atoms with Crippen molar-refractivity contribution < 1.29 is 4.79 Å². The Morgan fingerprint density at radius 1 is 1.03 bits per heavy atom. The molecule has 0 aromatic heterocycles. The number of benzene rings is 2. The van der Waals surface area contributed by atoms with Crippen LogP contribution in [0.5, 0.6) is 0 Å². The van der Waals surface area contributed by atoms with Gasteiger partial charge in [0, 0.05) is 49.5 Å². The van der Waals surface area contributed by atoms with E-state index in [-0.39, 0.29) is 11.5 Å². The lowest BCUT2D eigenvalue weighted by atomic mass is 10.2. The van der Waals surface area contributed by atoms with Gasteiger partial charge in [0.2, 0.25) is 0 Å². The van der Waals surface area contributed by atoms with E-state index in [1.165, 1.54) is 11.8 Å². The second-order valence-electron chi connectivity index (χ2n) is 6.59. The summed E-state index contributed by atoms with van der Waals surface area (Å²) in [6.45, 7) is 3.64. The molecular weight excluding hydrogens is 382 g/mol. The third kappa shape index (κ3) is 5.86. The molecule has 6 nitrogen and oxygen atoms in total. The molecule has 1 heterocycles. The van der Waals surface area contributed by atoms with E-state index in [4.69, 9.17) is 5.26 Å². The Hall–Kier alpha value is -3.26. The lowest BCUT2D eigenvalue weighted by Crippen LogP contribution is -2.48. The number of amides is 1. The molecule has 1 aliphatic rings. The Labute approximate surface area is 175 Å². The number of carbonyl (C=O) groups excluding carboxylic acids is 1. The molecule has 1 amide bonds. The first kappa shape index (κ1) is 20.5. The van der Waals surface area contributed by atoms with Gasteiger partial charge in [0.1, 0.15) is 17.0 Å². The van der Waals surface area contributed by atoms with E-state index in [2.05, 4.69) is 22.3 Å². The van der Waals surface area contributed by atoms with Gasteiger partial charge in [-0.1, -0.05) is 30.3 Å². The second kappa shape index (κ2) is 10.3. The summed E-state index contributed by atoms with van der Waals surface area (Å²) in [6, 6.07) is 19.5. The highest BCUT2D eigenvalue weighted by atomic mass is 32.2. The molecule has 2 aromatic carbocycles. The molecule has 1 N–H and O–H groups in total. The van der Waals surface area contributed by atoms with Crippen LogP contribution in [0.1, 0.15) is 5.56 Å². The van der Waals surface area contributed by atoms with Crippen molar-refractivity contribution in [1.29, 1.82) is 10.5 Å². The van der Waals surface area contributed by atoms with Crippen LogP contribution in [0.2, 0.25) is 0 Å². The van der Waals surface area contributed by atoms with E-state index < -0.39 is 0 Å². The third-order valence-corrected chi connectivity index (χ3v) is 5.26. The van der Waals surface area contributed by atoms with Crippen molar-refractivity contribution in [3.05, 3.63) is 71.9 Å². The van der Waals surface area contributed by atoms with Crippen LogP contribution >= 0.6 is 11.8 Å². The summed E-state index contributed by atoms with van der Waals surface area (Å²) in [4.78, 5) is 17.6. The van der Waals surface area contributed by atoms with Crippen LogP contribution < -0.4 is 5.32 Å². The molecule has 0 atom stereocenters. The topological polar surface area (TPSA) is 83.2 Å². The summed E-state index contributed by atoms with van der Waals surface area (Å²) in [6.07, 6.45) is 1.45. The average Bonchev–Trinajstić information content (AvgIpc) is 2.76. The Bertz CT molecular complexity index is 936. The van der Waals surface area contributed by atoms with Crippen molar-refractivity contribution >= 4 is 23.4 Å². The first-order valence-corrected chi connectivity index (χ1v) is 10.1. The van der Waals surface area contributed by atoms with Crippen molar-refractivity contribution in [2.45, 2.75) is 11.4 Å². The van der Waals surface area contributed by atoms with Crippen molar-refractivity contribution in [3.8, 4) is 11.5 Å². The highest BCUT2D eigenvalue weighted by Gasteiger charge is 2.23. The molecule has 0 spiro atoms. The van der Waals surface area contributed by atoms with Crippen molar-refractivity contribution in [1.82, 2.24) is 9.80 Å². The van der Waals surface area contributed by atoms with Crippen LogP contribution in [0.15, 0.2) is 71.3 Å². The molecule has 0 bridgehead atoms. The first-order valence-electron chi connectivity index (χ1n) is 9.28. The summed E-state index contributed by atoms with van der Waals surface area (Å²) in [5.41, 5.74) is 2.09. The normalized spacial score (nSPS) is 14.7. The predicted molar refractivity (Wildman–Crippen MR) is 114 cm³/mol. The van der Waals surface area contributed by atoms with E-state index in [1.807, 2.05) is 41.8 Å². The van der Waals surface area contributed by atoms with Crippen LogP contribution in [0.3, 0.4) is 0 Å². The summed E-state index contributed by atoms with van der Waals surface area (Å²) < 4.78 is 0. The summed E-state index contributed by atoms with van der Waals surface area (Å²) in [5.74, 6) is -0.254. The number of piperazine rings is 1. The number of hydrogen-bond acceptors (Lipinski definition) is 6. The number of nitrogens with one attached hydrogen (secondary N) is 1. The van der Waals surface area contributed by atoms with Gasteiger partial charge < -0.3 is 10.2 Å². The first-order chi connectivity index (χ1) is 14.2. The lowest BCUT2D eigenvalue weighted by Gasteiger charge is -2.34. The van der Waals surface area contributed by atoms with E-state index >= 15 is 0 Å². The molecule has 3 rings (SSSR count). The number of carbonyl (C=O) groups is 1. The van der Waals surface area contributed by atoms with Gasteiger partial charge in [-0.2, -0.15) is 10.5 Å². The molecule has 0 aliphatic carbocycles. The van der Waals surface area contributed by atoms with Crippen LogP contribution in [0.25, 0.3) is 0 Å². The number of hydrogen-bond donors (Lipinski definition) is 1. The van der Waals surface area contributed by atoms with Crippen molar-refractivity contribution in [2.24, 2.45) is 0 Å². The second-order valence-corrected chi connectivity index (χ2v) is 7.44. The SMILES string of the molecule is N#CSc1ccc(N/C=C(/C#N)C(=O)N2CCN(Cc3ccccc3)CC2)cc1. The maximum atomic E-state index is 12.7.